The largest absolute Gasteiger partial charge is 0.490 e. The number of anilines is 1. The highest BCUT2D eigenvalue weighted by atomic mass is 32.1. The zero-order valence-electron chi connectivity index (χ0n) is 19.8. The van der Waals surface area contributed by atoms with Gasteiger partial charge in [-0.05, 0) is 56.0 Å². The number of carboxylic acid groups (broad SMARTS) is 2. The van der Waals surface area contributed by atoms with Gasteiger partial charge in [0.1, 0.15) is 5.82 Å². The number of likely N-dealkylation sites (tertiary alicyclic amines) is 1. The minimum absolute atomic E-state index is 0.148. The van der Waals surface area contributed by atoms with Crippen molar-refractivity contribution < 1.29 is 50.5 Å². The summed E-state index contributed by atoms with van der Waals surface area (Å²) in [7, 11) is 4.06. The second kappa shape index (κ2) is 14.1. The summed E-state index contributed by atoms with van der Waals surface area (Å²) in [5.74, 6) is -4.94. The van der Waals surface area contributed by atoms with E-state index < -0.39 is 24.3 Å². The number of hydrogen-bond donors (Lipinski definition) is 2. The first-order chi connectivity index (χ1) is 17.0. The molecule has 15 heteroatoms. The van der Waals surface area contributed by atoms with E-state index in [1.54, 1.807) is 23.5 Å². The molecule has 0 spiro atoms. The monoisotopic (exact) mass is 561 g/mol. The molecule has 0 atom stereocenters. The lowest BCUT2D eigenvalue weighted by atomic mass is 9.90. The number of alkyl halides is 6. The molecular formula is C22H26F7N3O4S. The van der Waals surface area contributed by atoms with Crippen LogP contribution < -0.4 is 4.90 Å². The first kappa shape index (κ1) is 32.1. The van der Waals surface area contributed by atoms with Crippen molar-refractivity contribution in [1.29, 1.82) is 0 Å². The minimum Gasteiger partial charge on any atom is -0.475 e. The van der Waals surface area contributed by atoms with Crippen LogP contribution in [0.3, 0.4) is 0 Å². The normalized spacial score (nSPS) is 14.6. The molecule has 3 rings (SSSR count). The molecule has 1 aromatic carbocycles. The summed E-state index contributed by atoms with van der Waals surface area (Å²) >= 11 is 1.78. The number of aliphatic carboxylic acids is 2. The number of aromatic nitrogens is 1. The fourth-order valence-electron chi connectivity index (χ4n) is 3.10. The summed E-state index contributed by atoms with van der Waals surface area (Å²) in [6.07, 6.45) is -4.66. The Hall–Kier alpha value is -2.94. The van der Waals surface area contributed by atoms with Gasteiger partial charge in [-0.2, -0.15) is 26.3 Å². The Morgan fingerprint density at radius 3 is 1.84 bits per heavy atom. The summed E-state index contributed by atoms with van der Waals surface area (Å²) in [6, 6.07) is 6.97. The van der Waals surface area contributed by atoms with Crippen LogP contribution in [0.25, 0.3) is 0 Å². The predicted octanol–water partition coefficient (Wildman–Crippen LogP) is 5.07. The number of carboxylic acids is 2. The number of benzene rings is 1. The Bertz CT molecular complexity index is 963. The van der Waals surface area contributed by atoms with Gasteiger partial charge >= 0.3 is 24.3 Å². The van der Waals surface area contributed by atoms with E-state index in [4.69, 9.17) is 19.8 Å². The van der Waals surface area contributed by atoms with Gasteiger partial charge in [0, 0.05) is 31.7 Å². The van der Waals surface area contributed by atoms with Crippen LogP contribution in [0.1, 0.15) is 23.3 Å². The molecule has 1 saturated heterocycles. The first-order valence-electron chi connectivity index (χ1n) is 10.7. The molecule has 1 aliphatic heterocycles. The molecule has 0 radical (unpaired) electrons. The van der Waals surface area contributed by atoms with Crippen LogP contribution in [0.5, 0.6) is 0 Å². The molecule has 1 aliphatic rings. The number of piperidine rings is 1. The maximum atomic E-state index is 13.0. The number of thiazole rings is 1. The lowest BCUT2D eigenvalue weighted by Gasteiger charge is -2.31. The maximum Gasteiger partial charge on any atom is 0.490 e. The molecule has 208 valence electrons. The number of hydrogen-bond acceptors (Lipinski definition) is 6. The number of halogens is 7. The van der Waals surface area contributed by atoms with E-state index in [0.717, 1.165) is 37.1 Å². The van der Waals surface area contributed by atoms with Crippen LogP contribution in [-0.4, -0.2) is 71.6 Å². The zero-order chi connectivity index (χ0) is 28.4. The highest BCUT2D eigenvalue weighted by molar-refractivity contribution is 7.15. The second-order valence-corrected chi connectivity index (χ2v) is 9.25. The molecule has 1 fully saturated rings. The molecule has 2 aromatic rings. The molecule has 37 heavy (non-hydrogen) atoms. The van der Waals surface area contributed by atoms with Gasteiger partial charge in [-0.3, -0.25) is 4.90 Å². The van der Waals surface area contributed by atoms with Crippen molar-refractivity contribution >= 4 is 28.4 Å². The van der Waals surface area contributed by atoms with E-state index in [9.17, 15) is 30.7 Å². The SMILES string of the molecule is CN(C)c1ncc(CN2CCC(Cc3ccc(F)cc3)CC2)s1.O=C(O)C(F)(F)F.O=C(O)C(F)(F)F. The fourth-order valence-corrected chi connectivity index (χ4v) is 3.97. The highest BCUT2D eigenvalue weighted by Crippen LogP contribution is 2.26. The summed E-state index contributed by atoms with van der Waals surface area (Å²) in [4.78, 5) is 28.2. The average Bonchev–Trinajstić information content (AvgIpc) is 3.25. The molecule has 1 aromatic heterocycles. The second-order valence-electron chi connectivity index (χ2n) is 8.16. The van der Waals surface area contributed by atoms with Crippen LogP contribution in [-0.2, 0) is 22.6 Å². The third-order valence-electron chi connectivity index (χ3n) is 4.93. The summed E-state index contributed by atoms with van der Waals surface area (Å²) in [5.41, 5.74) is 1.25. The topological polar surface area (TPSA) is 94.0 Å². The third kappa shape index (κ3) is 12.7. The molecular weight excluding hydrogens is 535 g/mol. The molecule has 0 saturated carbocycles. The van der Waals surface area contributed by atoms with Crippen molar-refractivity contribution in [3.05, 3.63) is 46.7 Å². The standard InChI is InChI=1S/C18H24FN3S.2C2HF3O2/c1-21(2)18-20-12-17(23-18)13-22-9-7-15(8-10-22)11-14-3-5-16(19)6-4-14;2*3-2(4,5)1(6)7/h3-6,12,15H,7-11,13H2,1-2H3;2*(H,6,7). The Morgan fingerprint density at radius 1 is 1.00 bits per heavy atom. The van der Waals surface area contributed by atoms with Crippen molar-refractivity contribution in [2.45, 2.75) is 38.2 Å². The smallest absolute Gasteiger partial charge is 0.475 e. The molecule has 0 bridgehead atoms. The van der Waals surface area contributed by atoms with E-state index in [2.05, 4.69) is 14.8 Å². The average molecular weight is 562 g/mol. The van der Waals surface area contributed by atoms with Crippen LogP contribution >= 0.6 is 11.3 Å². The maximum absolute atomic E-state index is 13.0. The molecule has 0 aliphatic carbocycles. The molecule has 7 nitrogen and oxygen atoms in total. The Kier molecular flexibility index (Phi) is 12.2. The van der Waals surface area contributed by atoms with Crippen LogP contribution in [0.4, 0.5) is 35.9 Å². The fraction of sp³-hybridized carbons (Fsp3) is 0.500. The first-order valence-corrected chi connectivity index (χ1v) is 11.5. The van der Waals surface area contributed by atoms with E-state index in [1.807, 2.05) is 32.4 Å². The minimum atomic E-state index is -5.08. The Labute approximate surface area is 212 Å². The van der Waals surface area contributed by atoms with E-state index in [1.165, 1.54) is 23.3 Å². The van der Waals surface area contributed by atoms with Crippen molar-refractivity contribution in [3.8, 4) is 0 Å². The van der Waals surface area contributed by atoms with Crippen LogP contribution in [0, 0.1) is 11.7 Å². The van der Waals surface area contributed by atoms with Gasteiger partial charge in [0.25, 0.3) is 0 Å². The number of rotatable bonds is 5. The number of carbonyl (C=O) groups is 2. The summed E-state index contributed by atoms with van der Waals surface area (Å²) < 4.78 is 76.4. The highest BCUT2D eigenvalue weighted by Gasteiger charge is 2.38. The predicted molar refractivity (Wildman–Crippen MR) is 122 cm³/mol. The van der Waals surface area contributed by atoms with Gasteiger partial charge in [-0.25, -0.2) is 19.0 Å². The Balaban J connectivity index is 0.000000404. The van der Waals surface area contributed by atoms with Gasteiger partial charge in [-0.1, -0.05) is 12.1 Å². The summed E-state index contributed by atoms with van der Waals surface area (Å²) in [5, 5.41) is 15.3. The van der Waals surface area contributed by atoms with Gasteiger partial charge in [0.15, 0.2) is 5.13 Å². The quantitative estimate of drug-likeness (QED) is 0.493. The van der Waals surface area contributed by atoms with E-state index in [-0.39, 0.29) is 5.82 Å². The van der Waals surface area contributed by atoms with Gasteiger partial charge < -0.3 is 15.1 Å². The van der Waals surface area contributed by atoms with Crippen molar-refractivity contribution in [3.63, 3.8) is 0 Å². The van der Waals surface area contributed by atoms with E-state index in [0.29, 0.717) is 0 Å². The molecule has 2 N–H and O–H groups in total. The Morgan fingerprint density at radius 2 is 1.46 bits per heavy atom. The summed E-state index contributed by atoms with van der Waals surface area (Å²) in [6.45, 7) is 3.29. The van der Waals surface area contributed by atoms with Gasteiger partial charge in [0.2, 0.25) is 0 Å². The number of nitrogens with zero attached hydrogens (tertiary/aromatic N) is 3. The van der Waals surface area contributed by atoms with Gasteiger partial charge in [0.05, 0.1) is 0 Å². The van der Waals surface area contributed by atoms with Gasteiger partial charge in [-0.15, -0.1) is 11.3 Å². The molecule has 2 heterocycles. The molecule has 0 amide bonds. The van der Waals surface area contributed by atoms with Crippen molar-refractivity contribution in [2.75, 3.05) is 32.1 Å². The lowest BCUT2D eigenvalue weighted by Crippen LogP contribution is -2.33. The van der Waals surface area contributed by atoms with Crippen LogP contribution in [0.2, 0.25) is 0 Å². The van der Waals surface area contributed by atoms with Crippen molar-refractivity contribution in [2.24, 2.45) is 5.92 Å². The molecule has 0 unspecified atom stereocenters. The van der Waals surface area contributed by atoms with Crippen molar-refractivity contribution in [1.82, 2.24) is 9.88 Å². The third-order valence-corrected chi connectivity index (χ3v) is 6.08. The van der Waals surface area contributed by atoms with E-state index >= 15 is 0 Å². The van der Waals surface area contributed by atoms with Crippen LogP contribution in [0.15, 0.2) is 30.5 Å². The zero-order valence-corrected chi connectivity index (χ0v) is 20.6. The lowest BCUT2D eigenvalue weighted by molar-refractivity contribution is -0.193.